The smallest absolute Gasteiger partial charge is 0.263 e. The summed E-state index contributed by atoms with van der Waals surface area (Å²) in [7, 11) is 0. The Kier molecular flexibility index (Phi) is 5.39. The summed E-state index contributed by atoms with van der Waals surface area (Å²) in [4.78, 5) is 1.55. The van der Waals surface area contributed by atoms with E-state index in [9.17, 15) is 0 Å². The van der Waals surface area contributed by atoms with Gasteiger partial charge in [0.1, 0.15) is 12.4 Å². The van der Waals surface area contributed by atoms with Gasteiger partial charge in [-0.1, -0.05) is 59.2 Å². The van der Waals surface area contributed by atoms with Gasteiger partial charge >= 0.3 is 0 Å². The van der Waals surface area contributed by atoms with Crippen LogP contribution in [0.15, 0.2) is 60.7 Å². The molecule has 7 heteroatoms. The average Bonchev–Trinajstić information content (AvgIpc) is 3.20. The van der Waals surface area contributed by atoms with E-state index in [0.717, 1.165) is 27.6 Å². The Morgan fingerprint density at radius 1 is 1.04 bits per heavy atom. The maximum Gasteiger partial charge on any atom is 0.263 e. The molecule has 4 aromatic rings. The number of hydrogen-bond acceptors (Lipinski definition) is 5. The number of hydrogen-bond donors (Lipinski definition) is 1. The first-order valence-electron chi connectivity index (χ1n) is 9.12. The van der Waals surface area contributed by atoms with E-state index < -0.39 is 0 Å². The minimum Gasteiger partial charge on any atom is -0.489 e. The first-order chi connectivity index (χ1) is 13.7. The second-order valence-corrected chi connectivity index (χ2v) is 6.77. The van der Waals surface area contributed by atoms with Crippen molar-refractivity contribution >= 4 is 28.3 Å². The minimum absolute atomic E-state index is 0.465. The van der Waals surface area contributed by atoms with Crippen LogP contribution < -0.4 is 10.1 Å². The SMILES string of the molecule is CCn1nnc(NCc2c(OCc3ccc(Cl)cc3)ccc3ccccc23)n1. The lowest BCUT2D eigenvalue weighted by molar-refractivity contribution is 0.304. The Morgan fingerprint density at radius 3 is 2.64 bits per heavy atom. The molecule has 6 nitrogen and oxygen atoms in total. The fourth-order valence-corrected chi connectivity index (χ4v) is 3.12. The van der Waals surface area contributed by atoms with Crippen LogP contribution >= 0.6 is 11.6 Å². The normalized spacial score (nSPS) is 10.9. The van der Waals surface area contributed by atoms with Gasteiger partial charge in [0, 0.05) is 17.1 Å². The molecule has 0 aliphatic heterocycles. The molecule has 0 aliphatic carbocycles. The number of benzene rings is 3. The number of tetrazole rings is 1. The van der Waals surface area contributed by atoms with E-state index in [1.54, 1.807) is 4.80 Å². The molecule has 142 valence electrons. The van der Waals surface area contributed by atoms with Gasteiger partial charge in [-0.05, 0) is 46.7 Å². The molecular weight excluding hydrogens is 374 g/mol. The highest BCUT2D eigenvalue weighted by atomic mass is 35.5. The van der Waals surface area contributed by atoms with Gasteiger partial charge < -0.3 is 10.1 Å². The van der Waals surface area contributed by atoms with Crippen LogP contribution in [0.25, 0.3) is 10.8 Å². The van der Waals surface area contributed by atoms with Gasteiger partial charge in [0.25, 0.3) is 5.95 Å². The van der Waals surface area contributed by atoms with Crippen molar-refractivity contribution in [3.63, 3.8) is 0 Å². The number of fused-ring (bicyclic) bond motifs is 1. The van der Waals surface area contributed by atoms with Crippen molar-refractivity contribution in [1.29, 1.82) is 0 Å². The Balaban J connectivity index is 1.59. The van der Waals surface area contributed by atoms with Crippen LogP contribution in [0.1, 0.15) is 18.1 Å². The highest BCUT2D eigenvalue weighted by Gasteiger charge is 2.11. The van der Waals surface area contributed by atoms with E-state index in [1.165, 1.54) is 0 Å². The van der Waals surface area contributed by atoms with Gasteiger partial charge in [-0.3, -0.25) is 0 Å². The second kappa shape index (κ2) is 8.27. The van der Waals surface area contributed by atoms with Crippen LogP contribution in [0.3, 0.4) is 0 Å². The van der Waals surface area contributed by atoms with E-state index >= 15 is 0 Å². The van der Waals surface area contributed by atoms with E-state index in [1.807, 2.05) is 49.4 Å². The molecule has 1 heterocycles. The quantitative estimate of drug-likeness (QED) is 0.493. The molecule has 0 spiro atoms. The van der Waals surface area contributed by atoms with Crippen molar-refractivity contribution in [2.75, 3.05) is 5.32 Å². The average molecular weight is 394 g/mol. The predicted octanol–water partition coefficient (Wildman–Crippen LogP) is 4.69. The fourth-order valence-electron chi connectivity index (χ4n) is 2.99. The number of nitrogens with zero attached hydrogens (tertiary/aromatic N) is 4. The maximum absolute atomic E-state index is 6.14. The summed E-state index contributed by atoms with van der Waals surface area (Å²) in [5.41, 5.74) is 2.11. The number of halogens is 1. The van der Waals surface area contributed by atoms with E-state index in [2.05, 4.69) is 38.9 Å². The van der Waals surface area contributed by atoms with Gasteiger partial charge in [0.05, 0.1) is 6.54 Å². The lowest BCUT2D eigenvalue weighted by Crippen LogP contribution is -2.06. The van der Waals surface area contributed by atoms with Crippen molar-refractivity contribution < 1.29 is 4.74 Å². The minimum atomic E-state index is 0.465. The number of rotatable bonds is 7. The zero-order chi connectivity index (χ0) is 19.3. The highest BCUT2D eigenvalue weighted by Crippen LogP contribution is 2.29. The van der Waals surface area contributed by atoms with Crippen LogP contribution in [-0.2, 0) is 19.7 Å². The lowest BCUT2D eigenvalue weighted by Gasteiger charge is -2.15. The van der Waals surface area contributed by atoms with E-state index in [0.29, 0.717) is 30.7 Å². The molecular formula is C21H20ClN5O. The largest absolute Gasteiger partial charge is 0.489 e. The summed E-state index contributed by atoms with van der Waals surface area (Å²) in [6.07, 6.45) is 0. The number of nitrogens with one attached hydrogen (secondary N) is 1. The van der Waals surface area contributed by atoms with Crippen LogP contribution in [0, 0.1) is 0 Å². The van der Waals surface area contributed by atoms with Crippen molar-refractivity contribution in [2.45, 2.75) is 26.6 Å². The van der Waals surface area contributed by atoms with Gasteiger partial charge in [0.15, 0.2) is 0 Å². The van der Waals surface area contributed by atoms with Crippen LogP contribution in [0.2, 0.25) is 5.02 Å². The van der Waals surface area contributed by atoms with Gasteiger partial charge in [-0.15, -0.1) is 5.10 Å². The first kappa shape index (κ1) is 18.3. The Bertz CT molecular complexity index is 1080. The predicted molar refractivity (Wildman–Crippen MR) is 111 cm³/mol. The van der Waals surface area contributed by atoms with Crippen LogP contribution in [0.5, 0.6) is 5.75 Å². The zero-order valence-electron chi connectivity index (χ0n) is 15.5. The number of aryl methyl sites for hydroxylation is 1. The number of aromatic nitrogens is 4. The monoisotopic (exact) mass is 393 g/mol. The van der Waals surface area contributed by atoms with E-state index in [4.69, 9.17) is 16.3 Å². The maximum atomic E-state index is 6.14. The third-order valence-electron chi connectivity index (χ3n) is 4.46. The molecule has 0 bridgehead atoms. The first-order valence-corrected chi connectivity index (χ1v) is 9.50. The Labute approximate surface area is 168 Å². The molecule has 0 saturated carbocycles. The van der Waals surface area contributed by atoms with Crippen LogP contribution in [0.4, 0.5) is 5.95 Å². The molecule has 1 N–H and O–H groups in total. The zero-order valence-corrected chi connectivity index (χ0v) is 16.2. The highest BCUT2D eigenvalue weighted by molar-refractivity contribution is 6.30. The van der Waals surface area contributed by atoms with Crippen molar-refractivity contribution in [1.82, 2.24) is 20.2 Å². The Morgan fingerprint density at radius 2 is 1.86 bits per heavy atom. The Hall–Kier alpha value is -3.12. The summed E-state index contributed by atoms with van der Waals surface area (Å²) in [6, 6.07) is 20.0. The number of anilines is 1. The molecule has 3 aromatic carbocycles. The summed E-state index contributed by atoms with van der Waals surface area (Å²) in [6.45, 7) is 3.65. The summed E-state index contributed by atoms with van der Waals surface area (Å²) in [5, 5.41) is 18.6. The summed E-state index contributed by atoms with van der Waals surface area (Å²) < 4.78 is 6.14. The van der Waals surface area contributed by atoms with Crippen molar-refractivity contribution in [3.05, 3.63) is 76.8 Å². The number of ether oxygens (including phenoxy) is 1. The van der Waals surface area contributed by atoms with Crippen LogP contribution in [-0.4, -0.2) is 20.2 Å². The molecule has 0 atom stereocenters. The standard InChI is InChI=1S/C21H20ClN5O/c1-2-27-25-21(24-26-27)23-13-19-18-6-4-3-5-16(18)9-12-20(19)28-14-15-7-10-17(22)11-8-15/h3-12H,2,13-14H2,1H3,(H,23,25). The molecule has 0 unspecified atom stereocenters. The van der Waals surface area contributed by atoms with E-state index in [-0.39, 0.29) is 0 Å². The van der Waals surface area contributed by atoms with Gasteiger partial charge in [-0.2, -0.15) is 4.80 Å². The summed E-state index contributed by atoms with van der Waals surface area (Å²) >= 11 is 5.96. The molecule has 1 aromatic heterocycles. The molecule has 0 aliphatic rings. The van der Waals surface area contributed by atoms with Crippen molar-refractivity contribution in [3.8, 4) is 5.75 Å². The lowest BCUT2D eigenvalue weighted by atomic mass is 10.0. The van der Waals surface area contributed by atoms with Crippen molar-refractivity contribution in [2.24, 2.45) is 0 Å². The second-order valence-electron chi connectivity index (χ2n) is 6.33. The van der Waals surface area contributed by atoms with Gasteiger partial charge in [-0.25, -0.2) is 0 Å². The molecule has 28 heavy (non-hydrogen) atoms. The fraction of sp³-hybridized carbons (Fsp3) is 0.190. The summed E-state index contributed by atoms with van der Waals surface area (Å²) in [5.74, 6) is 1.32. The molecule has 0 amide bonds. The third kappa shape index (κ3) is 4.07. The molecule has 4 rings (SSSR count). The topological polar surface area (TPSA) is 64.9 Å². The van der Waals surface area contributed by atoms with Gasteiger partial charge in [0.2, 0.25) is 0 Å². The molecule has 0 radical (unpaired) electrons. The third-order valence-corrected chi connectivity index (χ3v) is 4.72. The molecule has 0 fully saturated rings. The molecule has 0 saturated heterocycles.